The van der Waals surface area contributed by atoms with Crippen LogP contribution in [0.3, 0.4) is 0 Å². The van der Waals surface area contributed by atoms with Crippen molar-refractivity contribution in [2.45, 2.75) is 12.1 Å². The van der Waals surface area contributed by atoms with Gasteiger partial charge in [-0.25, -0.2) is 0 Å². The SMILES string of the molecule is NC(CSC(=O)C(O)CO)C(=O)O. The van der Waals surface area contributed by atoms with Crippen molar-refractivity contribution in [2.24, 2.45) is 5.73 Å². The van der Waals surface area contributed by atoms with E-state index in [0.717, 1.165) is 0 Å². The van der Waals surface area contributed by atoms with E-state index in [4.69, 9.17) is 21.1 Å². The van der Waals surface area contributed by atoms with Crippen LogP contribution in [0.5, 0.6) is 0 Å². The van der Waals surface area contributed by atoms with Crippen molar-refractivity contribution < 1.29 is 24.9 Å². The van der Waals surface area contributed by atoms with Gasteiger partial charge in [0.2, 0.25) is 5.12 Å². The Morgan fingerprint density at radius 3 is 2.38 bits per heavy atom. The number of carboxylic acids is 1. The number of nitrogens with two attached hydrogens (primary N) is 1. The average Bonchev–Trinajstić information content (AvgIpc) is 2.11. The Morgan fingerprint density at radius 2 is 2.00 bits per heavy atom. The molecule has 0 aromatic heterocycles. The molecule has 0 saturated heterocycles. The maximum Gasteiger partial charge on any atom is 0.321 e. The van der Waals surface area contributed by atoms with Crippen LogP contribution in [0.1, 0.15) is 0 Å². The van der Waals surface area contributed by atoms with E-state index in [9.17, 15) is 9.59 Å². The zero-order valence-corrected chi connectivity index (χ0v) is 7.53. The Morgan fingerprint density at radius 1 is 1.46 bits per heavy atom. The van der Waals surface area contributed by atoms with Gasteiger partial charge >= 0.3 is 5.97 Å². The number of rotatable bonds is 5. The van der Waals surface area contributed by atoms with Crippen LogP contribution in [-0.4, -0.2) is 50.9 Å². The summed E-state index contributed by atoms with van der Waals surface area (Å²) < 4.78 is 0. The van der Waals surface area contributed by atoms with E-state index in [2.05, 4.69) is 0 Å². The van der Waals surface area contributed by atoms with Gasteiger partial charge in [-0.3, -0.25) is 9.59 Å². The Labute approximate surface area is 78.7 Å². The number of hydrogen-bond acceptors (Lipinski definition) is 6. The summed E-state index contributed by atoms with van der Waals surface area (Å²) in [6.45, 7) is -0.672. The highest BCUT2D eigenvalue weighted by Crippen LogP contribution is 2.06. The lowest BCUT2D eigenvalue weighted by atomic mass is 10.4. The van der Waals surface area contributed by atoms with Gasteiger partial charge in [-0.1, -0.05) is 11.8 Å². The van der Waals surface area contributed by atoms with Crippen LogP contribution in [0.4, 0.5) is 0 Å². The minimum Gasteiger partial charge on any atom is -0.480 e. The molecule has 0 rings (SSSR count). The summed E-state index contributed by atoms with van der Waals surface area (Å²) in [6.07, 6.45) is -1.47. The van der Waals surface area contributed by atoms with Gasteiger partial charge < -0.3 is 21.1 Å². The molecule has 5 N–H and O–H groups in total. The number of aliphatic hydroxyl groups is 2. The summed E-state index contributed by atoms with van der Waals surface area (Å²) in [5, 5.41) is 24.8. The second-order valence-corrected chi connectivity index (χ2v) is 3.30. The molecule has 0 heterocycles. The van der Waals surface area contributed by atoms with Crippen molar-refractivity contribution in [2.75, 3.05) is 12.4 Å². The van der Waals surface area contributed by atoms with Gasteiger partial charge in [-0.2, -0.15) is 0 Å². The van der Waals surface area contributed by atoms with Gasteiger partial charge in [-0.05, 0) is 0 Å². The molecule has 6 nitrogen and oxygen atoms in total. The molecular weight excluding hydrogens is 198 g/mol. The molecule has 0 radical (unpaired) electrons. The molecule has 76 valence electrons. The van der Waals surface area contributed by atoms with Crippen molar-refractivity contribution >= 4 is 22.8 Å². The molecule has 13 heavy (non-hydrogen) atoms. The minimum atomic E-state index is -1.47. The number of carboxylic acid groups (broad SMARTS) is 1. The Hall–Kier alpha value is -0.630. The van der Waals surface area contributed by atoms with Crippen LogP contribution in [0.2, 0.25) is 0 Å². The summed E-state index contributed by atoms with van der Waals surface area (Å²) in [5.41, 5.74) is 5.09. The van der Waals surface area contributed by atoms with E-state index in [1.165, 1.54) is 0 Å². The highest BCUT2D eigenvalue weighted by Gasteiger charge is 2.18. The second kappa shape index (κ2) is 5.92. The minimum absolute atomic E-state index is 0.120. The third-order valence-corrected chi connectivity index (χ3v) is 2.25. The molecule has 0 aliphatic carbocycles. The topological polar surface area (TPSA) is 121 Å². The molecule has 0 aromatic rings. The normalized spacial score (nSPS) is 15.0. The highest BCUT2D eigenvalue weighted by atomic mass is 32.2. The third-order valence-electron chi connectivity index (χ3n) is 1.17. The van der Waals surface area contributed by atoms with Gasteiger partial charge in [0.05, 0.1) is 6.61 Å². The smallest absolute Gasteiger partial charge is 0.321 e. The number of aliphatic carboxylic acids is 1. The first-order chi connectivity index (χ1) is 5.99. The largest absolute Gasteiger partial charge is 0.480 e. The van der Waals surface area contributed by atoms with Crippen molar-refractivity contribution in [1.29, 1.82) is 0 Å². The average molecular weight is 209 g/mol. The van der Waals surface area contributed by atoms with Gasteiger partial charge in [0, 0.05) is 5.75 Å². The van der Waals surface area contributed by atoms with Crippen molar-refractivity contribution in [3.05, 3.63) is 0 Å². The summed E-state index contributed by atoms with van der Waals surface area (Å²) in [7, 11) is 0. The van der Waals surface area contributed by atoms with Crippen LogP contribution in [0.15, 0.2) is 0 Å². The first kappa shape index (κ1) is 12.4. The molecule has 7 heteroatoms. The first-order valence-electron chi connectivity index (χ1n) is 3.43. The fourth-order valence-corrected chi connectivity index (χ4v) is 1.17. The van der Waals surface area contributed by atoms with E-state index in [0.29, 0.717) is 11.8 Å². The fraction of sp³-hybridized carbons (Fsp3) is 0.667. The number of thioether (sulfide) groups is 1. The summed E-state index contributed by atoms with van der Waals surface area (Å²) in [6, 6.07) is -1.14. The number of carbonyl (C=O) groups excluding carboxylic acids is 1. The maximum absolute atomic E-state index is 10.8. The fourth-order valence-electron chi connectivity index (χ4n) is 0.414. The molecule has 2 atom stereocenters. The van der Waals surface area contributed by atoms with Gasteiger partial charge in [-0.15, -0.1) is 0 Å². The third kappa shape index (κ3) is 4.83. The van der Waals surface area contributed by atoms with Crippen molar-refractivity contribution in [3.63, 3.8) is 0 Å². The van der Waals surface area contributed by atoms with Gasteiger partial charge in [0.15, 0.2) is 0 Å². The standard InChI is InChI=1S/C6H11NO5S/c7-3(5(10)11)2-13-6(12)4(9)1-8/h3-4,8-9H,1-2,7H2,(H,10,11). The van der Waals surface area contributed by atoms with E-state index < -0.39 is 29.8 Å². The number of carbonyl (C=O) groups is 2. The lowest BCUT2D eigenvalue weighted by Gasteiger charge is -2.07. The van der Waals surface area contributed by atoms with Crippen LogP contribution < -0.4 is 5.73 Å². The second-order valence-electron chi connectivity index (χ2n) is 2.27. The molecule has 0 spiro atoms. The number of hydrogen-bond donors (Lipinski definition) is 4. The molecule has 0 amide bonds. The number of aliphatic hydroxyl groups excluding tert-OH is 2. The van der Waals surface area contributed by atoms with Gasteiger partial charge in [0.1, 0.15) is 12.1 Å². The van der Waals surface area contributed by atoms with Crippen LogP contribution in [0, 0.1) is 0 Å². The molecule has 0 fully saturated rings. The Bertz CT molecular complexity index is 197. The quantitative estimate of drug-likeness (QED) is 0.413. The van der Waals surface area contributed by atoms with E-state index >= 15 is 0 Å². The predicted molar refractivity (Wildman–Crippen MR) is 46.2 cm³/mol. The van der Waals surface area contributed by atoms with Crippen molar-refractivity contribution in [1.82, 2.24) is 0 Å². The van der Waals surface area contributed by atoms with Crippen LogP contribution in [0.25, 0.3) is 0 Å². The molecule has 0 saturated carbocycles. The zero-order valence-electron chi connectivity index (χ0n) is 6.71. The van der Waals surface area contributed by atoms with E-state index in [1.807, 2.05) is 0 Å². The van der Waals surface area contributed by atoms with Crippen molar-refractivity contribution in [3.8, 4) is 0 Å². The molecule has 2 unspecified atom stereocenters. The lowest BCUT2D eigenvalue weighted by Crippen LogP contribution is -2.34. The zero-order chi connectivity index (χ0) is 10.4. The highest BCUT2D eigenvalue weighted by molar-refractivity contribution is 8.13. The van der Waals surface area contributed by atoms with Crippen LogP contribution in [-0.2, 0) is 9.59 Å². The maximum atomic E-state index is 10.8. The Balaban J connectivity index is 3.76. The molecule has 0 bridgehead atoms. The van der Waals surface area contributed by atoms with Gasteiger partial charge in [0.25, 0.3) is 0 Å². The molecular formula is C6H11NO5S. The molecule has 0 aliphatic rings. The van der Waals surface area contributed by atoms with E-state index in [-0.39, 0.29) is 5.75 Å². The van der Waals surface area contributed by atoms with E-state index in [1.54, 1.807) is 0 Å². The molecule has 0 aromatic carbocycles. The van der Waals surface area contributed by atoms with Crippen LogP contribution >= 0.6 is 11.8 Å². The predicted octanol–water partition coefficient (Wildman–Crippen LogP) is -1.99. The first-order valence-corrected chi connectivity index (χ1v) is 4.41. The Kier molecular flexibility index (Phi) is 5.63. The summed E-state index contributed by atoms with van der Waals surface area (Å²) in [5.74, 6) is -1.33. The monoisotopic (exact) mass is 209 g/mol. The summed E-state index contributed by atoms with van der Waals surface area (Å²) >= 11 is 0.591. The molecule has 0 aliphatic heterocycles. The lowest BCUT2D eigenvalue weighted by molar-refractivity contribution is -0.137. The summed E-state index contributed by atoms with van der Waals surface area (Å²) in [4.78, 5) is 21.0.